The average Bonchev–Trinajstić information content (AvgIpc) is 2.85. The third-order valence-corrected chi connectivity index (χ3v) is 3.45. The molecule has 0 radical (unpaired) electrons. The van der Waals surface area contributed by atoms with Crippen LogP contribution in [0.5, 0.6) is 0 Å². The number of carboxylic acid groups (broad SMARTS) is 1. The van der Waals surface area contributed by atoms with Gasteiger partial charge in [-0.1, -0.05) is 29.3 Å². The fourth-order valence-corrected chi connectivity index (χ4v) is 2.38. The molecule has 0 aliphatic heterocycles. The molecule has 0 saturated carbocycles. The van der Waals surface area contributed by atoms with Crippen LogP contribution in [0.15, 0.2) is 34.7 Å². The summed E-state index contributed by atoms with van der Waals surface area (Å²) in [5, 5.41) is 13.2. The Hall–Kier alpha value is -1.49. The summed E-state index contributed by atoms with van der Waals surface area (Å²) < 4.78 is 5.16. The maximum Gasteiger partial charge on any atom is 0.371 e. The van der Waals surface area contributed by atoms with Gasteiger partial charge < -0.3 is 14.8 Å². The lowest BCUT2D eigenvalue weighted by atomic mass is 10.1. The summed E-state index contributed by atoms with van der Waals surface area (Å²) in [7, 11) is 0. The van der Waals surface area contributed by atoms with E-state index >= 15 is 0 Å². The number of benzene rings is 1. The van der Waals surface area contributed by atoms with Crippen molar-refractivity contribution >= 4 is 29.2 Å². The van der Waals surface area contributed by atoms with Crippen LogP contribution < -0.4 is 5.32 Å². The van der Waals surface area contributed by atoms with Gasteiger partial charge in [-0.2, -0.15) is 0 Å². The summed E-state index contributed by atoms with van der Waals surface area (Å²) in [4.78, 5) is 10.7. The first-order chi connectivity index (χ1) is 9.47. The molecule has 1 atom stereocenters. The highest BCUT2D eigenvalue weighted by Crippen LogP contribution is 2.26. The quantitative estimate of drug-likeness (QED) is 0.871. The van der Waals surface area contributed by atoms with Crippen molar-refractivity contribution in [2.75, 3.05) is 0 Å². The van der Waals surface area contributed by atoms with Gasteiger partial charge >= 0.3 is 5.97 Å². The van der Waals surface area contributed by atoms with Crippen molar-refractivity contribution in [2.24, 2.45) is 0 Å². The van der Waals surface area contributed by atoms with Crippen molar-refractivity contribution in [1.29, 1.82) is 0 Å². The molecule has 0 spiro atoms. The molecular weight excluding hydrogens is 301 g/mol. The summed E-state index contributed by atoms with van der Waals surface area (Å²) in [6.07, 6.45) is 0. The first kappa shape index (κ1) is 14.9. The van der Waals surface area contributed by atoms with E-state index in [0.717, 1.165) is 5.56 Å². The average molecular weight is 314 g/mol. The number of nitrogens with one attached hydrogen (secondary N) is 1. The molecule has 0 bridgehead atoms. The summed E-state index contributed by atoms with van der Waals surface area (Å²) >= 11 is 12.0. The molecule has 1 aromatic carbocycles. The van der Waals surface area contributed by atoms with Gasteiger partial charge in [-0.25, -0.2) is 4.79 Å². The van der Waals surface area contributed by atoms with Crippen molar-refractivity contribution in [3.8, 4) is 0 Å². The zero-order chi connectivity index (χ0) is 14.7. The van der Waals surface area contributed by atoms with Gasteiger partial charge in [0.1, 0.15) is 5.76 Å². The Kier molecular flexibility index (Phi) is 4.70. The third-order valence-electron chi connectivity index (χ3n) is 2.88. The van der Waals surface area contributed by atoms with Crippen LogP contribution in [0.1, 0.15) is 34.8 Å². The minimum absolute atomic E-state index is 0.0156. The van der Waals surface area contributed by atoms with Crippen LogP contribution in [0, 0.1) is 0 Å². The van der Waals surface area contributed by atoms with Crippen LogP contribution in [0.2, 0.25) is 10.0 Å². The van der Waals surface area contributed by atoms with Crippen LogP contribution in [0.25, 0.3) is 0 Å². The van der Waals surface area contributed by atoms with Gasteiger partial charge in [-0.05, 0) is 36.8 Å². The molecule has 2 N–H and O–H groups in total. The lowest BCUT2D eigenvalue weighted by Gasteiger charge is -2.15. The first-order valence-corrected chi connectivity index (χ1v) is 6.73. The monoisotopic (exact) mass is 313 g/mol. The molecule has 1 unspecified atom stereocenters. The zero-order valence-corrected chi connectivity index (χ0v) is 12.2. The van der Waals surface area contributed by atoms with Gasteiger partial charge in [0, 0.05) is 16.1 Å². The van der Waals surface area contributed by atoms with Gasteiger partial charge in [0.15, 0.2) is 0 Å². The number of carbonyl (C=O) groups is 1. The number of furan rings is 1. The third kappa shape index (κ3) is 3.54. The van der Waals surface area contributed by atoms with Gasteiger partial charge in [-0.15, -0.1) is 0 Å². The highest BCUT2D eigenvalue weighted by atomic mass is 35.5. The van der Waals surface area contributed by atoms with Gasteiger partial charge in [0.05, 0.1) is 6.54 Å². The Bertz CT molecular complexity index is 625. The Morgan fingerprint density at radius 2 is 2.10 bits per heavy atom. The lowest BCUT2D eigenvalue weighted by Crippen LogP contribution is -2.18. The molecule has 106 valence electrons. The summed E-state index contributed by atoms with van der Waals surface area (Å²) in [5.74, 6) is -0.594. The molecule has 2 rings (SSSR count). The van der Waals surface area contributed by atoms with Gasteiger partial charge in [0.2, 0.25) is 5.76 Å². The second kappa shape index (κ2) is 6.31. The predicted octanol–water partition coefficient (Wildman–Crippen LogP) is 4.14. The molecule has 1 heterocycles. The molecule has 2 aromatic rings. The van der Waals surface area contributed by atoms with Crippen molar-refractivity contribution in [1.82, 2.24) is 5.32 Å². The van der Waals surface area contributed by atoms with Crippen LogP contribution in [-0.4, -0.2) is 11.1 Å². The molecule has 0 aliphatic rings. The second-order valence-electron chi connectivity index (χ2n) is 4.34. The number of hydrogen-bond donors (Lipinski definition) is 2. The molecule has 6 heteroatoms. The van der Waals surface area contributed by atoms with E-state index in [2.05, 4.69) is 5.32 Å². The van der Waals surface area contributed by atoms with E-state index in [-0.39, 0.29) is 11.8 Å². The van der Waals surface area contributed by atoms with Crippen molar-refractivity contribution < 1.29 is 14.3 Å². The zero-order valence-electron chi connectivity index (χ0n) is 10.7. The minimum Gasteiger partial charge on any atom is -0.475 e. The van der Waals surface area contributed by atoms with Gasteiger partial charge in [0.25, 0.3) is 0 Å². The molecule has 0 fully saturated rings. The minimum atomic E-state index is -1.08. The number of rotatable bonds is 5. The molecular formula is C14H13Cl2NO3. The normalized spacial score (nSPS) is 12.3. The van der Waals surface area contributed by atoms with E-state index in [1.165, 1.54) is 6.07 Å². The van der Waals surface area contributed by atoms with E-state index in [4.69, 9.17) is 32.7 Å². The maximum atomic E-state index is 10.7. The molecule has 0 saturated heterocycles. The number of halogens is 2. The summed E-state index contributed by atoms with van der Waals surface area (Å²) in [6, 6.07) is 8.36. The van der Waals surface area contributed by atoms with E-state index in [9.17, 15) is 4.79 Å². The Balaban J connectivity index is 2.00. The highest BCUT2D eigenvalue weighted by molar-refractivity contribution is 6.35. The highest BCUT2D eigenvalue weighted by Gasteiger charge is 2.12. The number of hydrogen-bond acceptors (Lipinski definition) is 3. The SMILES string of the molecule is CC(NCc1ccc(C(=O)O)o1)c1ccc(Cl)cc1Cl. The maximum absolute atomic E-state index is 10.7. The van der Waals surface area contributed by atoms with Crippen molar-refractivity contribution in [3.05, 3.63) is 57.5 Å². The van der Waals surface area contributed by atoms with Crippen molar-refractivity contribution in [3.63, 3.8) is 0 Å². The van der Waals surface area contributed by atoms with E-state index < -0.39 is 5.97 Å². The van der Waals surface area contributed by atoms with E-state index in [0.29, 0.717) is 22.4 Å². The lowest BCUT2D eigenvalue weighted by molar-refractivity contribution is 0.0660. The summed E-state index contributed by atoms with van der Waals surface area (Å²) in [5.41, 5.74) is 0.918. The summed E-state index contributed by atoms with van der Waals surface area (Å²) in [6.45, 7) is 2.36. The Labute approximate surface area is 126 Å². The molecule has 0 amide bonds. The number of aromatic carboxylic acids is 1. The van der Waals surface area contributed by atoms with E-state index in [1.807, 2.05) is 13.0 Å². The van der Waals surface area contributed by atoms with Crippen LogP contribution in [-0.2, 0) is 6.54 Å². The van der Waals surface area contributed by atoms with E-state index in [1.54, 1.807) is 18.2 Å². The largest absolute Gasteiger partial charge is 0.475 e. The van der Waals surface area contributed by atoms with Crippen LogP contribution in [0.3, 0.4) is 0 Å². The first-order valence-electron chi connectivity index (χ1n) is 5.97. The Morgan fingerprint density at radius 3 is 2.70 bits per heavy atom. The predicted molar refractivity (Wildman–Crippen MR) is 77.4 cm³/mol. The molecule has 0 aliphatic carbocycles. The Morgan fingerprint density at radius 1 is 1.35 bits per heavy atom. The van der Waals surface area contributed by atoms with Gasteiger partial charge in [-0.3, -0.25) is 0 Å². The fourth-order valence-electron chi connectivity index (χ4n) is 1.80. The topological polar surface area (TPSA) is 62.5 Å². The fraction of sp³-hybridized carbons (Fsp3) is 0.214. The smallest absolute Gasteiger partial charge is 0.371 e. The van der Waals surface area contributed by atoms with Crippen LogP contribution in [0.4, 0.5) is 0 Å². The number of carboxylic acids is 1. The molecule has 1 aromatic heterocycles. The van der Waals surface area contributed by atoms with Crippen molar-refractivity contribution in [2.45, 2.75) is 19.5 Å². The molecule has 4 nitrogen and oxygen atoms in total. The molecule has 20 heavy (non-hydrogen) atoms. The second-order valence-corrected chi connectivity index (χ2v) is 5.18. The standard InChI is InChI=1S/C14H13Cl2NO3/c1-8(11-4-2-9(15)6-12(11)16)17-7-10-3-5-13(20-10)14(18)19/h2-6,8,17H,7H2,1H3,(H,18,19). The van der Waals surface area contributed by atoms with Crippen LogP contribution >= 0.6 is 23.2 Å².